The zero-order valence-corrected chi connectivity index (χ0v) is 13.9. The number of hydrogen-bond acceptors (Lipinski definition) is 4. The summed E-state index contributed by atoms with van der Waals surface area (Å²) in [4.78, 5) is 27.0. The van der Waals surface area contributed by atoms with Gasteiger partial charge in [-0.15, -0.1) is 0 Å². The number of piperazine rings is 1. The van der Waals surface area contributed by atoms with Gasteiger partial charge in [-0.25, -0.2) is 4.79 Å². The van der Waals surface area contributed by atoms with E-state index < -0.39 is 11.6 Å². The highest BCUT2D eigenvalue weighted by Gasteiger charge is 2.34. The second-order valence-corrected chi connectivity index (χ2v) is 6.73. The summed E-state index contributed by atoms with van der Waals surface area (Å²) in [6, 6.07) is 9.44. The average molecular weight is 320 g/mol. The van der Waals surface area contributed by atoms with E-state index in [9.17, 15) is 9.59 Å². The minimum Gasteiger partial charge on any atom is -0.480 e. The quantitative estimate of drug-likeness (QED) is 0.926. The molecule has 0 bridgehead atoms. The number of hydrogen-bond donors (Lipinski definition) is 1. The van der Waals surface area contributed by atoms with E-state index in [-0.39, 0.29) is 18.7 Å². The maximum Gasteiger partial charge on any atom is 0.410 e. The fourth-order valence-electron chi connectivity index (χ4n) is 2.67. The lowest BCUT2D eigenvalue weighted by Gasteiger charge is -2.41. The molecule has 2 rings (SSSR count). The van der Waals surface area contributed by atoms with Crippen LogP contribution < -0.4 is 0 Å². The SMILES string of the molecule is CC(C)(C)OC(=O)N1CCN(CC(=O)O)CC1c1ccccc1. The van der Waals surface area contributed by atoms with Crippen molar-refractivity contribution < 1.29 is 19.4 Å². The molecule has 1 heterocycles. The number of benzene rings is 1. The zero-order valence-electron chi connectivity index (χ0n) is 13.9. The van der Waals surface area contributed by atoms with Gasteiger partial charge >= 0.3 is 12.1 Å². The lowest BCUT2D eigenvalue weighted by Crippen LogP contribution is -2.52. The number of aliphatic carboxylic acids is 1. The normalized spacial score (nSPS) is 19.4. The molecule has 1 amide bonds. The Balaban J connectivity index is 2.19. The first-order valence-electron chi connectivity index (χ1n) is 7.75. The number of rotatable bonds is 3. The predicted octanol–water partition coefficient (Wildman–Crippen LogP) is 2.37. The summed E-state index contributed by atoms with van der Waals surface area (Å²) in [5.41, 5.74) is 0.421. The van der Waals surface area contributed by atoms with Crippen molar-refractivity contribution in [3.63, 3.8) is 0 Å². The standard InChI is InChI=1S/C17H24N2O4/c1-17(2,3)23-16(22)19-10-9-18(12-15(20)21)11-14(19)13-7-5-4-6-8-13/h4-8,14H,9-12H2,1-3H3,(H,20,21). The minimum absolute atomic E-state index is 0.0223. The van der Waals surface area contributed by atoms with E-state index in [2.05, 4.69) is 0 Å². The lowest BCUT2D eigenvalue weighted by molar-refractivity contribution is -0.139. The molecule has 6 nitrogen and oxygen atoms in total. The fraction of sp³-hybridized carbons (Fsp3) is 0.529. The molecule has 0 spiro atoms. The van der Waals surface area contributed by atoms with Gasteiger partial charge in [0, 0.05) is 19.6 Å². The van der Waals surface area contributed by atoms with Crippen LogP contribution >= 0.6 is 0 Å². The number of carboxylic acid groups (broad SMARTS) is 1. The first-order chi connectivity index (χ1) is 10.8. The molecular formula is C17H24N2O4. The van der Waals surface area contributed by atoms with Crippen molar-refractivity contribution in [3.8, 4) is 0 Å². The van der Waals surface area contributed by atoms with Gasteiger partial charge in [0.25, 0.3) is 0 Å². The van der Waals surface area contributed by atoms with Crippen LogP contribution in [0.5, 0.6) is 0 Å². The molecule has 0 aliphatic carbocycles. The molecule has 1 aromatic carbocycles. The van der Waals surface area contributed by atoms with Gasteiger partial charge in [-0.1, -0.05) is 30.3 Å². The van der Waals surface area contributed by atoms with Gasteiger partial charge in [-0.2, -0.15) is 0 Å². The molecule has 1 unspecified atom stereocenters. The molecule has 0 aromatic heterocycles. The van der Waals surface area contributed by atoms with E-state index in [0.717, 1.165) is 5.56 Å². The summed E-state index contributed by atoms with van der Waals surface area (Å²) in [6.07, 6.45) is -0.360. The second-order valence-electron chi connectivity index (χ2n) is 6.73. The van der Waals surface area contributed by atoms with Crippen LogP contribution in [0.3, 0.4) is 0 Å². The van der Waals surface area contributed by atoms with Crippen molar-refractivity contribution in [2.24, 2.45) is 0 Å². The Hall–Kier alpha value is -2.08. The summed E-state index contributed by atoms with van der Waals surface area (Å²) in [5, 5.41) is 9.00. The van der Waals surface area contributed by atoms with Gasteiger partial charge < -0.3 is 9.84 Å². The van der Waals surface area contributed by atoms with Crippen molar-refractivity contribution in [1.82, 2.24) is 9.80 Å². The highest BCUT2D eigenvalue weighted by atomic mass is 16.6. The molecule has 1 atom stereocenters. The molecule has 1 aliphatic rings. The average Bonchev–Trinajstić information content (AvgIpc) is 2.45. The Labute approximate surface area is 136 Å². The van der Waals surface area contributed by atoms with Crippen LogP contribution in [0.2, 0.25) is 0 Å². The van der Waals surface area contributed by atoms with E-state index in [1.807, 2.05) is 56.0 Å². The Morgan fingerprint density at radius 3 is 2.43 bits per heavy atom. The van der Waals surface area contributed by atoms with Crippen LogP contribution in [0, 0.1) is 0 Å². The fourth-order valence-corrected chi connectivity index (χ4v) is 2.67. The van der Waals surface area contributed by atoms with Gasteiger partial charge in [0.2, 0.25) is 0 Å². The van der Waals surface area contributed by atoms with Crippen LogP contribution in [-0.2, 0) is 9.53 Å². The summed E-state index contributed by atoms with van der Waals surface area (Å²) in [7, 11) is 0. The smallest absolute Gasteiger partial charge is 0.410 e. The Kier molecular flexibility index (Phi) is 5.26. The van der Waals surface area contributed by atoms with Crippen molar-refractivity contribution in [2.45, 2.75) is 32.4 Å². The van der Waals surface area contributed by atoms with E-state index >= 15 is 0 Å². The summed E-state index contributed by atoms with van der Waals surface area (Å²) in [5.74, 6) is -0.859. The molecule has 1 aliphatic heterocycles. The van der Waals surface area contributed by atoms with Crippen LogP contribution in [-0.4, -0.2) is 58.7 Å². The van der Waals surface area contributed by atoms with Crippen molar-refractivity contribution >= 4 is 12.1 Å². The molecule has 0 saturated carbocycles. The monoisotopic (exact) mass is 320 g/mol. The Bertz CT molecular complexity index is 553. The van der Waals surface area contributed by atoms with Crippen molar-refractivity contribution in [2.75, 3.05) is 26.2 Å². The third-order valence-corrected chi connectivity index (χ3v) is 3.64. The Morgan fingerprint density at radius 2 is 1.87 bits per heavy atom. The predicted molar refractivity (Wildman–Crippen MR) is 86.2 cm³/mol. The van der Waals surface area contributed by atoms with E-state index in [1.54, 1.807) is 4.90 Å². The number of amides is 1. The molecule has 1 aromatic rings. The molecule has 23 heavy (non-hydrogen) atoms. The maximum atomic E-state index is 12.5. The van der Waals surface area contributed by atoms with Crippen LogP contribution in [0.1, 0.15) is 32.4 Å². The number of nitrogens with zero attached hydrogens (tertiary/aromatic N) is 2. The minimum atomic E-state index is -0.859. The van der Waals surface area contributed by atoms with Gasteiger partial charge in [-0.3, -0.25) is 14.6 Å². The van der Waals surface area contributed by atoms with Crippen LogP contribution in [0.25, 0.3) is 0 Å². The largest absolute Gasteiger partial charge is 0.480 e. The molecule has 0 radical (unpaired) electrons. The number of ether oxygens (including phenoxy) is 1. The number of carbonyl (C=O) groups is 2. The first-order valence-corrected chi connectivity index (χ1v) is 7.75. The number of carbonyl (C=O) groups excluding carboxylic acids is 1. The van der Waals surface area contributed by atoms with Crippen molar-refractivity contribution in [1.29, 1.82) is 0 Å². The molecule has 1 fully saturated rings. The van der Waals surface area contributed by atoms with Crippen LogP contribution in [0.4, 0.5) is 4.79 Å². The third-order valence-electron chi connectivity index (χ3n) is 3.64. The highest BCUT2D eigenvalue weighted by Crippen LogP contribution is 2.27. The van der Waals surface area contributed by atoms with Gasteiger partial charge in [-0.05, 0) is 26.3 Å². The molecule has 1 saturated heterocycles. The zero-order chi connectivity index (χ0) is 17.0. The maximum absolute atomic E-state index is 12.5. The van der Waals surface area contributed by atoms with Gasteiger partial charge in [0.15, 0.2) is 0 Å². The lowest BCUT2D eigenvalue weighted by atomic mass is 10.0. The molecular weight excluding hydrogens is 296 g/mol. The topological polar surface area (TPSA) is 70.1 Å². The van der Waals surface area contributed by atoms with Crippen LogP contribution in [0.15, 0.2) is 30.3 Å². The summed E-state index contributed by atoms with van der Waals surface area (Å²) in [6.45, 7) is 6.94. The van der Waals surface area contributed by atoms with E-state index in [1.165, 1.54) is 0 Å². The molecule has 6 heteroatoms. The molecule has 1 N–H and O–H groups in total. The number of carboxylic acids is 1. The highest BCUT2D eigenvalue weighted by molar-refractivity contribution is 5.70. The van der Waals surface area contributed by atoms with E-state index in [0.29, 0.717) is 19.6 Å². The molecule has 126 valence electrons. The van der Waals surface area contributed by atoms with Crippen molar-refractivity contribution in [3.05, 3.63) is 35.9 Å². The summed E-state index contributed by atoms with van der Waals surface area (Å²) >= 11 is 0. The van der Waals surface area contributed by atoms with E-state index in [4.69, 9.17) is 9.84 Å². The second kappa shape index (κ2) is 7.00. The Morgan fingerprint density at radius 1 is 1.22 bits per heavy atom. The summed E-state index contributed by atoms with van der Waals surface area (Å²) < 4.78 is 5.50. The van der Waals surface area contributed by atoms with Gasteiger partial charge in [0.1, 0.15) is 5.60 Å². The van der Waals surface area contributed by atoms with Gasteiger partial charge in [0.05, 0.1) is 12.6 Å². The first kappa shape index (κ1) is 17.3. The third kappa shape index (κ3) is 4.96.